The van der Waals surface area contributed by atoms with Crippen molar-refractivity contribution < 1.29 is 4.74 Å². The van der Waals surface area contributed by atoms with Crippen LogP contribution in [0.1, 0.15) is 22.6 Å². The number of hydrogen-bond acceptors (Lipinski definition) is 6. The number of anilines is 1. The molecule has 0 unspecified atom stereocenters. The lowest BCUT2D eigenvalue weighted by molar-refractivity contribution is 0.0119. The predicted molar refractivity (Wildman–Crippen MR) is 96.5 cm³/mol. The highest BCUT2D eigenvalue weighted by Crippen LogP contribution is 2.38. The predicted octanol–water partition coefficient (Wildman–Crippen LogP) is 2.72. The maximum atomic E-state index is 6.29. The first-order chi connectivity index (χ1) is 11.6. The van der Waals surface area contributed by atoms with Gasteiger partial charge < -0.3 is 9.64 Å². The van der Waals surface area contributed by atoms with Crippen LogP contribution in [-0.4, -0.2) is 53.3 Å². The van der Waals surface area contributed by atoms with Crippen molar-refractivity contribution in [1.29, 1.82) is 0 Å². The second-order valence-electron chi connectivity index (χ2n) is 6.98. The van der Waals surface area contributed by atoms with Crippen molar-refractivity contribution in [2.24, 2.45) is 0 Å². The fourth-order valence-electron chi connectivity index (χ4n) is 3.84. The summed E-state index contributed by atoms with van der Waals surface area (Å²) in [5, 5.41) is 0. The van der Waals surface area contributed by atoms with Crippen LogP contribution in [-0.2, 0) is 11.3 Å². The highest BCUT2D eigenvalue weighted by atomic mass is 32.1. The standard InChI is InChI=1S/C18H24N4OS/c1-14-4-5-16(24-14)11-22-9-6-18(13-22)10-15(12-23-18)21(2)17-19-7-3-8-20-17/h3-5,7-8,15H,6,9-13H2,1-2H3/t15-,18+/m0/s1. The fraction of sp³-hybridized carbons (Fsp3) is 0.556. The van der Waals surface area contributed by atoms with Gasteiger partial charge in [0, 0.05) is 55.3 Å². The molecule has 2 fully saturated rings. The summed E-state index contributed by atoms with van der Waals surface area (Å²) in [6.45, 7) is 6.14. The lowest BCUT2D eigenvalue weighted by atomic mass is 9.97. The summed E-state index contributed by atoms with van der Waals surface area (Å²) in [4.78, 5) is 16.3. The molecule has 0 saturated carbocycles. The van der Waals surface area contributed by atoms with Crippen LogP contribution < -0.4 is 4.90 Å². The van der Waals surface area contributed by atoms with Gasteiger partial charge in [0.2, 0.25) is 5.95 Å². The molecule has 2 aromatic rings. The molecule has 4 heterocycles. The first-order valence-electron chi connectivity index (χ1n) is 8.55. The molecule has 0 N–H and O–H groups in total. The van der Waals surface area contributed by atoms with Crippen molar-refractivity contribution in [2.45, 2.75) is 38.0 Å². The third-order valence-electron chi connectivity index (χ3n) is 5.18. The summed E-state index contributed by atoms with van der Waals surface area (Å²) < 4.78 is 6.29. The molecule has 2 aliphatic rings. The number of aryl methyl sites for hydroxylation is 1. The van der Waals surface area contributed by atoms with Crippen LogP contribution in [0.3, 0.4) is 0 Å². The molecule has 0 radical (unpaired) electrons. The van der Waals surface area contributed by atoms with Gasteiger partial charge in [-0.15, -0.1) is 11.3 Å². The Morgan fingerprint density at radius 3 is 2.96 bits per heavy atom. The molecule has 128 valence electrons. The Hall–Kier alpha value is -1.50. The van der Waals surface area contributed by atoms with Crippen LogP contribution in [0.5, 0.6) is 0 Å². The van der Waals surface area contributed by atoms with E-state index in [0.29, 0.717) is 6.04 Å². The van der Waals surface area contributed by atoms with Crippen LogP contribution >= 0.6 is 11.3 Å². The number of likely N-dealkylation sites (N-methyl/N-ethyl adjacent to an activating group) is 1. The van der Waals surface area contributed by atoms with Crippen LogP contribution in [0.2, 0.25) is 0 Å². The van der Waals surface area contributed by atoms with Gasteiger partial charge in [0.1, 0.15) is 0 Å². The van der Waals surface area contributed by atoms with Gasteiger partial charge in [-0.05, 0) is 31.5 Å². The molecule has 0 amide bonds. The smallest absolute Gasteiger partial charge is 0.225 e. The zero-order chi connectivity index (χ0) is 16.6. The lowest BCUT2D eigenvalue weighted by Crippen LogP contribution is -2.36. The van der Waals surface area contributed by atoms with E-state index in [9.17, 15) is 0 Å². The van der Waals surface area contributed by atoms with Crippen molar-refractivity contribution >= 4 is 17.3 Å². The molecule has 1 spiro atoms. The number of aromatic nitrogens is 2. The Morgan fingerprint density at radius 1 is 1.38 bits per heavy atom. The topological polar surface area (TPSA) is 41.5 Å². The van der Waals surface area contributed by atoms with E-state index in [1.165, 1.54) is 9.75 Å². The molecule has 4 rings (SSSR count). The Kier molecular flexibility index (Phi) is 4.28. The summed E-state index contributed by atoms with van der Waals surface area (Å²) in [5.41, 5.74) is 0.0139. The molecule has 0 aliphatic carbocycles. The lowest BCUT2D eigenvalue weighted by Gasteiger charge is -2.26. The van der Waals surface area contributed by atoms with Gasteiger partial charge in [-0.3, -0.25) is 4.90 Å². The van der Waals surface area contributed by atoms with E-state index in [0.717, 1.165) is 45.0 Å². The maximum absolute atomic E-state index is 6.29. The first-order valence-corrected chi connectivity index (χ1v) is 9.37. The van der Waals surface area contributed by atoms with E-state index < -0.39 is 0 Å². The second kappa shape index (κ2) is 6.43. The number of hydrogen-bond donors (Lipinski definition) is 0. The van der Waals surface area contributed by atoms with Gasteiger partial charge in [0.15, 0.2) is 0 Å². The summed E-state index contributed by atoms with van der Waals surface area (Å²) in [7, 11) is 2.07. The molecule has 2 aliphatic heterocycles. The molecule has 0 aromatic carbocycles. The van der Waals surface area contributed by atoms with Gasteiger partial charge in [-0.25, -0.2) is 9.97 Å². The molecule has 5 nitrogen and oxygen atoms in total. The van der Waals surface area contributed by atoms with Crippen molar-refractivity contribution in [1.82, 2.24) is 14.9 Å². The normalized spacial score (nSPS) is 27.2. The van der Waals surface area contributed by atoms with E-state index in [1.807, 2.05) is 17.4 Å². The van der Waals surface area contributed by atoms with E-state index in [-0.39, 0.29) is 5.60 Å². The fourth-order valence-corrected chi connectivity index (χ4v) is 4.78. The highest BCUT2D eigenvalue weighted by molar-refractivity contribution is 7.11. The summed E-state index contributed by atoms with van der Waals surface area (Å²) in [6, 6.07) is 6.67. The largest absolute Gasteiger partial charge is 0.371 e. The number of rotatable bonds is 4. The molecule has 2 saturated heterocycles. The minimum Gasteiger partial charge on any atom is -0.371 e. The average molecular weight is 344 g/mol. The van der Waals surface area contributed by atoms with Crippen LogP contribution in [0.15, 0.2) is 30.6 Å². The van der Waals surface area contributed by atoms with E-state index >= 15 is 0 Å². The molecule has 2 aromatic heterocycles. The quantitative estimate of drug-likeness (QED) is 0.853. The van der Waals surface area contributed by atoms with Gasteiger partial charge in [0.25, 0.3) is 0 Å². The first kappa shape index (κ1) is 16.0. The molecule has 2 atom stereocenters. The number of likely N-dealkylation sites (tertiary alicyclic amines) is 1. The zero-order valence-electron chi connectivity index (χ0n) is 14.3. The molecule has 24 heavy (non-hydrogen) atoms. The van der Waals surface area contributed by atoms with Gasteiger partial charge >= 0.3 is 0 Å². The number of thiophene rings is 1. The molecule has 6 heteroatoms. The Labute approximate surface area is 147 Å². The molecule has 0 bridgehead atoms. The number of nitrogens with zero attached hydrogens (tertiary/aromatic N) is 4. The van der Waals surface area contributed by atoms with E-state index in [1.54, 1.807) is 12.4 Å². The average Bonchev–Trinajstić information content (AvgIpc) is 3.30. The SMILES string of the molecule is Cc1ccc(CN2CC[C@@]3(C[C@H](N(C)c4ncccn4)CO3)C2)s1. The van der Waals surface area contributed by atoms with E-state index in [4.69, 9.17) is 4.74 Å². The summed E-state index contributed by atoms with van der Waals surface area (Å²) >= 11 is 1.90. The molecular weight excluding hydrogens is 320 g/mol. The summed E-state index contributed by atoms with van der Waals surface area (Å²) in [6.07, 6.45) is 5.77. The highest BCUT2D eigenvalue weighted by Gasteiger charge is 2.46. The zero-order valence-corrected chi connectivity index (χ0v) is 15.1. The van der Waals surface area contributed by atoms with Crippen molar-refractivity contribution in [3.8, 4) is 0 Å². The summed E-state index contributed by atoms with van der Waals surface area (Å²) in [5.74, 6) is 0.784. The third-order valence-corrected chi connectivity index (χ3v) is 6.16. The Balaban J connectivity index is 1.37. The van der Waals surface area contributed by atoms with E-state index in [2.05, 4.69) is 45.9 Å². The van der Waals surface area contributed by atoms with Crippen LogP contribution in [0.25, 0.3) is 0 Å². The monoisotopic (exact) mass is 344 g/mol. The van der Waals surface area contributed by atoms with Crippen LogP contribution in [0, 0.1) is 6.92 Å². The maximum Gasteiger partial charge on any atom is 0.225 e. The minimum atomic E-state index is 0.0139. The van der Waals surface area contributed by atoms with Gasteiger partial charge in [-0.2, -0.15) is 0 Å². The van der Waals surface area contributed by atoms with Gasteiger partial charge in [-0.1, -0.05) is 0 Å². The third kappa shape index (κ3) is 3.18. The van der Waals surface area contributed by atoms with Crippen molar-refractivity contribution in [3.05, 3.63) is 40.3 Å². The Bertz CT molecular complexity index is 691. The Morgan fingerprint density at radius 2 is 2.21 bits per heavy atom. The number of ether oxygens (including phenoxy) is 1. The molecular formula is C18H24N4OS. The minimum absolute atomic E-state index is 0.0139. The van der Waals surface area contributed by atoms with Crippen molar-refractivity contribution in [2.75, 3.05) is 31.6 Å². The van der Waals surface area contributed by atoms with Gasteiger partial charge in [0.05, 0.1) is 18.2 Å². The second-order valence-corrected chi connectivity index (χ2v) is 8.36. The van der Waals surface area contributed by atoms with Crippen LogP contribution in [0.4, 0.5) is 5.95 Å². The van der Waals surface area contributed by atoms with Crippen molar-refractivity contribution in [3.63, 3.8) is 0 Å².